The molecule has 2 aromatic carbocycles. The third kappa shape index (κ3) is 5.67. The minimum Gasteiger partial charge on any atom is -0.493 e. The third-order valence-corrected chi connectivity index (χ3v) is 3.99. The minimum atomic E-state index is -2.99. The molecule has 0 bridgehead atoms. The number of benzene rings is 2. The monoisotopic (exact) mass is 392 g/mol. The van der Waals surface area contributed by atoms with Gasteiger partial charge in [0.1, 0.15) is 6.04 Å². The molecule has 0 radical (unpaired) electrons. The van der Waals surface area contributed by atoms with Crippen molar-refractivity contribution in [2.75, 3.05) is 14.2 Å². The molecule has 0 aromatic heterocycles. The quantitative estimate of drug-likeness (QED) is 0.750. The molecule has 0 heterocycles. The Hall–Kier alpha value is -3.16. The maximum atomic E-state index is 12.5. The average molecular weight is 392 g/mol. The number of amides is 2. The van der Waals surface area contributed by atoms with E-state index in [2.05, 4.69) is 10.1 Å². The number of carbonyl (C=O) groups is 2. The van der Waals surface area contributed by atoms with Gasteiger partial charge in [0, 0.05) is 19.2 Å². The molecule has 2 rings (SSSR count). The lowest BCUT2D eigenvalue weighted by Crippen LogP contribution is -2.45. The normalized spacial score (nSPS) is 11.6. The Morgan fingerprint density at radius 1 is 1.11 bits per heavy atom. The number of nitrogens with one attached hydrogen (secondary N) is 1. The second-order valence-electron chi connectivity index (χ2n) is 6.12. The van der Waals surface area contributed by atoms with Crippen molar-refractivity contribution in [1.82, 2.24) is 10.2 Å². The molecule has 1 unspecified atom stereocenters. The van der Waals surface area contributed by atoms with Gasteiger partial charge >= 0.3 is 6.61 Å². The molecule has 1 atom stereocenters. The summed E-state index contributed by atoms with van der Waals surface area (Å²) in [6.45, 7) is -1.26. The van der Waals surface area contributed by atoms with Gasteiger partial charge in [-0.2, -0.15) is 8.78 Å². The van der Waals surface area contributed by atoms with Gasteiger partial charge in [-0.15, -0.1) is 0 Å². The predicted octanol–water partition coefficient (Wildman–Crippen LogP) is 3.07. The second-order valence-corrected chi connectivity index (χ2v) is 6.12. The number of carbonyl (C=O) groups excluding carboxylic acids is 2. The van der Waals surface area contributed by atoms with E-state index >= 15 is 0 Å². The van der Waals surface area contributed by atoms with E-state index in [1.165, 1.54) is 24.1 Å². The summed E-state index contributed by atoms with van der Waals surface area (Å²) in [5.74, 6) is -0.619. The van der Waals surface area contributed by atoms with Gasteiger partial charge in [-0.05, 0) is 36.8 Å². The number of halogens is 2. The number of likely N-dealkylation sites (N-methyl/N-ethyl adjacent to an activating group) is 1. The van der Waals surface area contributed by atoms with Gasteiger partial charge in [0.15, 0.2) is 11.5 Å². The van der Waals surface area contributed by atoms with Crippen LogP contribution in [0.1, 0.15) is 22.8 Å². The minimum absolute atomic E-state index is 0.110. The zero-order chi connectivity index (χ0) is 20.7. The summed E-state index contributed by atoms with van der Waals surface area (Å²) in [6, 6.07) is 12.3. The Morgan fingerprint density at radius 3 is 2.39 bits per heavy atom. The smallest absolute Gasteiger partial charge is 0.387 e. The van der Waals surface area contributed by atoms with Crippen molar-refractivity contribution in [3.63, 3.8) is 0 Å². The van der Waals surface area contributed by atoms with Gasteiger partial charge < -0.3 is 19.7 Å². The molecule has 1 N–H and O–H groups in total. The van der Waals surface area contributed by atoms with Crippen LogP contribution in [-0.4, -0.2) is 43.5 Å². The highest BCUT2D eigenvalue weighted by Gasteiger charge is 2.21. The lowest BCUT2D eigenvalue weighted by molar-refractivity contribution is -0.132. The number of rotatable bonds is 8. The fourth-order valence-electron chi connectivity index (χ4n) is 2.62. The molecule has 0 aliphatic rings. The van der Waals surface area contributed by atoms with Crippen LogP contribution in [0.2, 0.25) is 0 Å². The Morgan fingerprint density at radius 2 is 1.79 bits per heavy atom. The molecule has 0 aliphatic carbocycles. The Balaban J connectivity index is 2.02. The largest absolute Gasteiger partial charge is 0.493 e. The Labute approximate surface area is 162 Å². The fraction of sp³-hybridized carbons (Fsp3) is 0.300. The molecule has 6 nitrogen and oxygen atoms in total. The molecule has 0 aliphatic heterocycles. The maximum Gasteiger partial charge on any atom is 0.387 e. The summed E-state index contributed by atoms with van der Waals surface area (Å²) in [4.78, 5) is 26.1. The molecule has 28 heavy (non-hydrogen) atoms. The number of alkyl halides is 2. The van der Waals surface area contributed by atoms with E-state index in [0.29, 0.717) is 11.1 Å². The number of ether oxygens (including phenoxy) is 2. The Kier molecular flexibility index (Phi) is 7.31. The standard InChI is InChI=1S/C20H22F2N2O4/c1-13(23-18(25)15-7-5-4-6-8-15)19(26)24(2)12-14-9-10-16(27-3)17(11-14)28-20(21)22/h4-11,13,20H,12H2,1-3H3,(H,23,25). The highest BCUT2D eigenvalue weighted by Crippen LogP contribution is 2.29. The molecule has 0 saturated carbocycles. The molecular formula is C20H22F2N2O4. The number of hydrogen-bond acceptors (Lipinski definition) is 4. The molecule has 0 fully saturated rings. The highest BCUT2D eigenvalue weighted by atomic mass is 19.3. The van der Waals surface area contributed by atoms with Crippen LogP contribution >= 0.6 is 0 Å². The Bertz CT molecular complexity index is 815. The molecule has 2 amide bonds. The topological polar surface area (TPSA) is 67.9 Å². The van der Waals surface area contributed by atoms with Crippen molar-refractivity contribution in [1.29, 1.82) is 0 Å². The zero-order valence-corrected chi connectivity index (χ0v) is 15.8. The summed E-state index contributed by atoms with van der Waals surface area (Å²) in [5, 5.41) is 2.64. The van der Waals surface area contributed by atoms with Gasteiger partial charge in [0.05, 0.1) is 7.11 Å². The van der Waals surface area contributed by atoms with E-state index in [1.54, 1.807) is 50.4 Å². The van der Waals surface area contributed by atoms with Crippen molar-refractivity contribution in [2.24, 2.45) is 0 Å². The third-order valence-electron chi connectivity index (χ3n) is 3.99. The van der Waals surface area contributed by atoms with Gasteiger partial charge in [-0.3, -0.25) is 9.59 Å². The first kappa shape index (κ1) is 21.1. The number of methoxy groups -OCH3 is 1. The van der Waals surface area contributed by atoms with Crippen LogP contribution in [0.15, 0.2) is 48.5 Å². The van der Waals surface area contributed by atoms with E-state index in [9.17, 15) is 18.4 Å². The predicted molar refractivity (Wildman–Crippen MR) is 99.5 cm³/mol. The van der Waals surface area contributed by atoms with Gasteiger partial charge in [-0.25, -0.2) is 0 Å². The van der Waals surface area contributed by atoms with Crippen molar-refractivity contribution in [3.05, 3.63) is 59.7 Å². The van der Waals surface area contributed by atoms with E-state index in [-0.39, 0.29) is 29.9 Å². The van der Waals surface area contributed by atoms with E-state index < -0.39 is 12.7 Å². The summed E-state index contributed by atoms with van der Waals surface area (Å²) >= 11 is 0. The highest BCUT2D eigenvalue weighted by molar-refractivity contribution is 5.97. The lowest BCUT2D eigenvalue weighted by Gasteiger charge is -2.23. The summed E-state index contributed by atoms with van der Waals surface area (Å²) in [5.41, 5.74) is 1.03. The van der Waals surface area contributed by atoms with Crippen molar-refractivity contribution in [2.45, 2.75) is 26.1 Å². The van der Waals surface area contributed by atoms with Gasteiger partial charge in [-0.1, -0.05) is 24.3 Å². The zero-order valence-electron chi connectivity index (χ0n) is 15.8. The maximum absolute atomic E-state index is 12.5. The van der Waals surface area contributed by atoms with Crippen LogP contribution < -0.4 is 14.8 Å². The van der Waals surface area contributed by atoms with Gasteiger partial charge in [0.2, 0.25) is 5.91 Å². The molecule has 0 spiro atoms. The first-order valence-corrected chi connectivity index (χ1v) is 8.54. The summed E-state index contributed by atoms with van der Waals surface area (Å²) < 4.78 is 34.5. The fourth-order valence-corrected chi connectivity index (χ4v) is 2.62. The van der Waals surface area contributed by atoms with E-state index in [0.717, 1.165) is 0 Å². The lowest BCUT2D eigenvalue weighted by atomic mass is 10.1. The molecular weight excluding hydrogens is 370 g/mol. The first-order chi connectivity index (χ1) is 13.3. The van der Waals surface area contributed by atoms with Crippen molar-refractivity contribution >= 4 is 11.8 Å². The number of hydrogen-bond donors (Lipinski definition) is 1. The van der Waals surface area contributed by atoms with Crippen LogP contribution in [-0.2, 0) is 11.3 Å². The number of nitrogens with zero attached hydrogens (tertiary/aromatic N) is 1. The SMILES string of the molecule is COc1ccc(CN(C)C(=O)C(C)NC(=O)c2ccccc2)cc1OC(F)F. The van der Waals surface area contributed by atoms with Crippen LogP contribution in [0.25, 0.3) is 0 Å². The van der Waals surface area contributed by atoms with Crippen LogP contribution in [0.3, 0.4) is 0 Å². The average Bonchev–Trinajstić information content (AvgIpc) is 2.67. The summed E-state index contributed by atoms with van der Waals surface area (Å²) in [7, 11) is 2.91. The molecule has 150 valence electrons. The summed E-state index contributed by atoms with van der Waals surface area (Å²) in [6.07, 6.45) is 0. The van der Waals surface area contributed by atoms with Crippen molar-refractivity contribution in [3.8, 4) is 11.5 Å². The first-order valence-electron chi connectivity index (χ1n) is 8.54. The van der Waals surface area contributed by atoms with Crippen molar-refractivity contribution < 1.29 is 27.8 Å². The van der Waals surface area contributed by atoms with Crippen LogP contribution in [0, 0.1) is 0 Å². The van der Waals surface area contributed by atoms with Crippen LogP contribution in [0.4, 0.5) is 8.78 Å². The molecule has 0 saturated heterocycles. The van der Waals surface area contributed by atoms with Gasteiger partial charge in [0.25, 0.3) is 5.91 Å². The van der Waals surface area contributed by atoms with E-state index in [4.69, 9.17) is 4.74 Å². The second kappa shape index (κ2) is 9.68. The van der Waals surface area contributed by atoms with E-state index in [1.807, 2.05) is 0 Å². The molecule has 2 aromatic rings. The van der Waals surface area contributed by atoms with Crippen LogP contribution in [0.5, 0.6) is 11.5 Å². The molecule has 8 heteroatoms.